The molecule has 1 atom stereocenters. The van der Waals surface area contributed by atoms with Crippen LogP contribution in [0, 0.1) is 10.1 Å². The molecule has 0 saturated carbocycles. The van der Waals surface area contributed by atoms with Crippen LogP contribution in [0.25, 0.3) is 0 Å². The van der Waals surface area contributed by atoms with E-state index in [4.69, 9.17) is 17.3 Å². The zero-order valence-corrected chi connectivity index (χ0v) is 17.5. The maximum atomic E-state index is 12.3. The minimum absolute atomic E-state index is 0. The summed E-state index contributed by atoms with van der Waals surface area (Å²) in [4.78, 5) is 10.1. The van der Waals surface area contributed by atoms with Gasteiger partial charge in [-0.1, -0.05) is 17.7 Å². The second kappa shape index (κ2) is 9.79. The molecule has 0 fully saturated rings. The molecule has 3 N–H and O–H groups in total. The standard InChI is InChI=1S/C16H15ClF3N3O5S.ClH/c1-22-29(26,27)15-5-3-11(23(24)25)6-10(15)8-13(21)9-2-4-14(12(17)7-9)28-16(18,19)20;/h2-7,13,22H,8,21H2,1H3;1H/t13-;/m0./s1. The molecule has 0 aliphatic heterocycles. The Labute approximate surface area is 180 Å². The average molecular weight is 490 g/mol. The van der Waals surface area contributed by atoms with E-state index in [0.29, 0.717) is 0 Å². The van der Waals surface area contributed by atoms with Gasteiger partial charge in [0.1, 0.15) is 5.75 Å². The summed E-state index contributed by atoms with van der Waals surface area (Å²) >= 11 is 5.80. The van der Waals surface area contributed by atoms with Crippen molar-refractivity contribution in [2.24, 2.45) is 5.73 Å². The summed E-state index contributed by atoms with van der Waals surface area (Å²) in [6.07, 6.45) is -5.08. The van der Waals surface area contributed by atoms with Crippen LogP contribution in [0.1, 0.15) is 17.2 Å². The molecule has 0 unspecified atom stereocenters. The molecule has 0 heterocycles. The van der Waals surface area contributed by atoms with Crippen molar-refractivity contribution in [2.45, 2.75) is 23.7 Å². The fraction of sp³-hybridized carbons (Fsp3) is 0.250. The van der Waals surface area contributed by atoms with E-state index in [1.54, 1.807) is 0 Å². The van der Waals surface area contributed by atoms with Crippen LogP contribution in [0.4, 0.5) is 18.9 Å². The molecule has 0 bridgehead atoms. The number of nitrogens with zero attached hydrogens (tertiary/aromatic N) is 1. The van der Waals surface area contributed by atoms with E-state index in [2.05, 4.69) is 9.46 Å². The van der Waals surface area contributed by atoms with E-state index in [1.165, 1.54) is 13.1 Å². The number of nitro groups is 1. The number of sulfonamides is 1. The van der Waals surface area contributed by atoms with Crippen molar-refractivity contribution in [3.8, 4) is 5.75 Å². The minimum atomic E-state index is -4.92. The Morgan fingerprint density at radius 3 is 2.40 bits per heavy atom. The Morgan fingerprint density at radius 1 is 1.27 bits per heavy atom. The molecule has 0 aliphatic carbocycles. The fourth-order valence-electron chi connectivity index (χ4n) is 2.52. The third-order valence-electron chi connectivity index (χ3n) is 3.86. The lowest BCUT2D eigenvalue weighted by molar-refractivity contribution is -0.385. The van der Waals surface area contributed by atoms with Gasteiger partial charge < -0.3 is 10.5 Å². The summed E-state index contributed by atoms with van der Waals surface area (Å²) in [5, 5.41) is 10.7. The van der Waals surface area contributed by atoms with Gasteiger partial charge in [-0.2, -0.15) is 0 Å². The van der Waals surface area contributed by atoms with Crippen LogP contribution >= 0.6 is 24.0 Å². The van der Waals surface area contributed by atoms with Gasteiger partial charge in [-0.3, -0.25) is 10.1 Å². The predicted molar refractivity (Wildman–Crippen MR) is 105 cm³/mol. The summed E-state index contributed by atoms with van der Waals surface area (Å²) in [5.74, 6) is -0.621. The highest BCUT2D eigenvalue weighted by molar-refractivity contribution is 7.89. The van der Waals surface area contributed by atoms with Crippen LogP contribution < -0.4 is 15.2 Å². The number of alkyl halides is 3. The molecule has 2 rings (SSSR count). The number of hydrogen-bond donors (Lipinski definition) is 2. The van der Waals surface area contributed by atoms with Gasteiger partial charge in [0.25, 0.3) is 5.69 Å². The zero-order chi connectivity index (χ0) is 22.0. The van der Waals surface area contributed by atoms with E-state index >= 15 is 0 Å². The van der Waals surface area contributed by atoms with Gasteiger partial charge in [-0.05, 0) is 42.8 Å². The Balaban J connectivity index is 0.00000450. The van der Waals surface area contributed by atoms with Crippen LogP contribution in [0.3, 0.4) is 0 Å². The lowest BCUT2D eigenvalue weighted by Gasteiger charge is -2.17. The van der Waals surface area contributed by atoms with Gasteiger partial charge >= 0.3 is 6.36 Å². The van der Waals surface area contributed by atoms with Gasteiger partial charge in [0, 0.05) is 18.2 Å². The van der Waals surface area contributed by atoms with E-state index < -0.39 is 33.1 Å². The van der Waals surface area contributed by atoms with Crippen molar-refractivity contribution in [3.05, 3.63) is 62.7 Å². The van der Waals surface area contributed by atoms with E-state index in [9.17, 15) is 31.7 Å². The average Bonchev–Trinajstić information content (AvgIpc) is 2.62. The van der Waals surface area contributed by atoms with Crippen molar-refractivity contribution in [1.82, 2.24) is 4.72 Å². The third kappa shape index (κ3) is 6.44. The van der Waals surface area contributed by atoms with E-state index in [1.807, 2.05) is 0 Å². The van der Waals surface area contributed by atoms with E-state index in [0.717, 1.165) is 30.3 Å². The first-order chi connectivity index (χ1) is 13.3. The van der Waals surface area contributed by atoms with Crippen molar-refractivity contribution < 1.29 is 31.2 Å². The Morgan fingerprint density at radius 2 is 1.90 bits per heavy atom. The molecule has 0 spiro atoms. The number of ether oxygens (including phenoxy) is 1. The first-order valence-electron chi connectivity index (χ1n) is 7.85. The molecule has 8 nitrogen and oxygen atoms in total. The van der Waals surface area contributed by atoms with E-state index in [-0.39, 0.29) is 45.6 Å². The number of rotatable bonds is 7. The molecule has 14 heteroatoms. The number of nitrogens with two attached hydrogens (primary N) is 1. The number of nitrogens with one attached hydrogen (secondary N) is 1. The molecule has 2 aromatic rings. The second-order valence-electron chi connectivity index (χ2n) is 5.80. The largest absolute Gasteiger partial charge is 0.573 e. The van der Waals surface area contributed by atoms with Crippen molar-refractivity contribution >= 4 is 39.7 Å². The fourth-order valence-corrected chi connectivity index (χ4v) is 3.70. The van der Waals surface area contributed by atoms with Gasteiger partial charge in [0.05, 0.1) is 14.8 Å². The maximum absolute atomic E-state index is 12.3. The monoisotopic (exact) mass is 489 g/mol. The van der Waals surface area contributed by atoms with Crippen LogP contribution in [0.5, 0.6) is 5.75 Å². The quantitative estimate of drug-likeness (QED) is 0.451. The molecule has 30 heavy (non-hydrogen) atoms. The summed E-state index contributed by atoms with van der Waals surface area (Å²) in [6.45, 7) is 0. The SMILES string of the molecule is CNS(=O)(=O)c1ccc([N+](=O)[O-])cc1C[C@H](N)c1ccc(OC(F)(F)F)c(Cl)c1.Cl. The van der Waals surface area contributed by atoms with Gasteiger partial charge in [-0.15, -0.1) is 25.6 Å². The normalized spacial score (nSPS) is 12.7. The summed E-state index contributed by atoms with van der Waals surface area (Å²) in [7, 11) is -2.75. The highest BCUT2D eigenvalue weighted by Gasteiger charge is 2.32. The second-order valence-corrected chi connectivity index (χ2v) is 8.07. The Hall–Kier alpha value is -2.12. The summed E-state index contributed by atoms with van der Waals surface area (Å²) in [5.41, 5.74) is 6.05. The first-order valence-corrected chi connectivity index (χ1v) is 9.72. The zero-order valence-electron chi connectivity index (χ0n) is 15.1. The Bertz CT molecular complexity index is 1040. The van der Waals surface area contributed by atoms with Gasteiger partial charge in [0.15, 0.2) is 0 Å². The molecule has 0 saturated heterocycles. The molecule has 0 aliphatic rings. The van der Waals surface area contributed by atoms with Crippen LogP contribution in [0.2, 0.25) is 5.02 Å². The molecular weight excluding hydrogens is 474 g/mol. The van der Waals surface area contributed by atoms with Crippen molar-refractivity contribution in [1.29, 1.82) is 0 Å². The van der Waals surface area contributed by atoms with Crippen molar-refractivity contribution in [3.63, 3.8) is 0 Å². The number of nitro benzene ring substituents is 1. The third-order valence-corrected chi connectivity index (χ3v) is 5.67. The molecule has 0 aromatic heterocycles. The maximum Gasteiger partial charge on any atom is 0.573 e. The van der Waals surface area contributed by atoms with Crippen LogP contribution in [0.15, 0.2) is 41.3 Å². The molecule has 0 radical (unpaired) electrons. The topological polar surface area (TPSA) is 125 Å². The Kier molecular flexibility index (Phi) is 8.46. The highest BCUT2D eigenvalue weighted by Crippen LogP contribution is 2.33. The lowest BCUT2D eigenvalue weighted by atomic mass is 9.99. The minimum Gasteiger partial charge on any atom is -0.404 e. The number of halogens is 5. The first kappa shape index (κ1) is 25.9. The predicted octanol–water partition coefficient (Wildman–Crippen LogP) is 3.72. The van der Waals surface area contributed by atoms with Gasteiger partial charge in [-0.25, -0.2) is 13.1 Å². The van der Waals surface area contributed by atoms with Crippen LogP contribution in [-0.2, 0) is 16.4 Å². The lowest BCUT2D eigenvalue weighted by Crippen LogP contribution is -2.22. The number of hydrogen-bond acceptors (Lipinski definition) is 6. The smallest absolute Gasteiger partial charge is 0.404 e. The molecule has 2 aromatic carbocycles. The summed E-state index contributed by atoms with van der Waals surface area (Å²) in [6, 6.07) is 5.65. The van der Waals surface area contributed by atoms with Crippen molar-refractivity contribution in [2.75, 3.05) is 7.05 Å². The molecule has 0 amide bonds. The van der Waals surface area contributed by atoms with Gasteiger partial charge in [0.2, 0.25) is 10.0 Å². The molecule has 166 valence electrons. The van der Waals surface area contributed by atoms with Crippen LogP contribution in [-0.4, -0.2) is 26.8 Å². The summed E-state index contributed by atoms with van der Waals surface area (Å²) < 4.78 is 67.3. The number of benzene rings is 2. The number of non-ortho nitro benzene ring substituents is 1. The highest BCUT2D eigenvalue weighted by atomic mass is 35.5. The molecular formula is C16H16Cl2F3N3O5S.